The molecule has 0 radical (unpaired) electrons. The minimum absolute atomic E-state index is 0.0200. The van der Waals surface area contributed by atoms with Crippen molar-refractivity contribution in [2.75, 3.05) is 5.32 Å². The van der Waals surface area contributed by atoms with Crippen LogP contribution >= 0.6 is 0 Å². The number of carbonyl (C=O) groups is 2. The van der Waals surface area contributed by atoms with E-state index < -0.39 is 71.1 Å². The van der Waals surface area contributed by atoms with Gasteiger partial charge in [0.1, 0.15) is 6.10 Å². The van der Waals surface area contributed by atoms with Crippen LogP contribution in [0, 0.1) is 17.6 Å². The molecule has 0 bridgehead atoms. The van der Waals surface area contributed by atoms with Crippen LogP contribution in [0.4, 0.5) is 36.4 Å². The molecular formula is C22H19F7N2O4. The van der Waals surface area contributed by atoms with Crippen molar-refractivity contribution in [3.63, 3.8) is 0 Å². The highest BCUT2D eigenvalue weighted by molar-refractivity contribution is 5.98. The van der Waals surface area contributed by atoms with Gasteiger partial charge in [-0.25, -0.2) is 4.39 Å². The zero-order valence-corrected chi connectivity index (χ0v) is 18.1. The summed E-state index contributed by atoms with van der Waals surface area (Å²) >= 11 is 0. The average molecular weight is 508 g/mol. The van der Waals surface area contributed by atoms with Gasteiger partial charge in [-0.3, -0.25) is 9.59 Å². The maximum atomic E-state index is 14.4. The van der Waals surface area contributed by atoms with Crippen LogP contribution in [0.5, 0.6) is 5.75 Å². The number of anilines is 1. The highest BCUT2D eigenvalue weighted by atomic mass is 19.4. The number of carbonyl (C=O) groups excluding carboxylic acids is 2. The number of primary amides is 1. The number of alkyl halides is 5. The third-order valence-corrected chi connectivity index (χ3v) is 5.99. The maximum absolute atomic E-state index is 14.4. The summed E-state index contributed by atoms with van der Waals surface area (Å²) in [7, 11) is 0. The van der Waals surface area contributed by atoms with E-state index >= 15 is 0 Å². The van der Waals surface area contributed by atoms with Gasteiger partial charge in [-0.05, 0) is 31.2 Å². The Hall–Kier alpha value is -3.35. The van der Waals surface area contributed by atoms with E-state index in [0.29, 0.717) is 13.0 Å². The largest absolute Gasteiger partial charge is 0.431 e. The fourth-order valence-corrected chi connectivity index (χ4v) is 4.01. The van der Waals surface area contributed by atoms with Gasteiger partial charge in [-0.15, -0.1) is 0 Å². The van der Waals surface area contributed by atoms with Crippen molar-refractivity contribution in [1.82, 2.24) is 0 Å². The summed E-state index contributed by atoms with van der Waals surface area (Å²) in [6.45, 7) is -1.95. The van der Waals surface area contributed by atoms with Gasteiger partial charge >= 0.3 is 12.8 Å². The van der Waals surface area contributed by atoms with Gasteiger partial charge in [0.05, 0.1) is 0 Å². The van der Waals surface area contributed by atoms with Crippen LogP contribution in [0.3, 0.4) is 0 Å². The van der Waals surface area contributed by atoms with E-state index in [9.17, 15) is 40.3 Å². The van der Waals surface area contributed by atoms with E-state index in [1.165, 1.54) is 18.2 Å². The first kappa shape index (κ1) is 26.3. The second kappa shape index (κ2) is 9.36. The lowest BCUT2D eigenvalue weighted by atomic mass is 9.77. The Morgan fingerprint density at radius 3 is 2.40 bits per heavy atom. The van der Waals surface area contributed by atoms with Gasteiger partial charge in [0.2, 0.25) is 11.7 Å². The fraction of sp³-hybridized carbons (Fsp3) is 0.364. The standard InChI is InChI=1S/C22H19F7N2O4/c1-9-14(12-6-7-13(23)15(24)16(12)34-20(25)26)17(35-21(9,2)22(27,28)29)19(33)31-11-5-3-4-10(8-11)18(30)32/h3-9,14,17,20H,1-2H3,(H2,30,32)(H,31,33)/t9-,14-,17-,21+/m0/s1. The number of nitrogens with two attached hydrogens (primary N) is 1. The topological polar surface area (TPSA) is 90.6 Å². The van der Waals surface area contributed by atoms with Crippen molar-refractivity contribution in [3.8, 4) is 5.75 Å². The number of nitrogens with one attached hydrogen (secondary N) is 1. The maximum Gasteiger partial charge on any atom is 0.417 e. The summed E-state index contributed by atoms with van der Waals surface area (Å²) in [6.07, 6.45) is -7.04. The summed E-state index contributed by atoms with van der Waals surface area (Å²) in [5.74, 6) is -10.1. The van der Waals surface area contributed by atoms with Crippen LogP contribution in [0.1, 0.15) is 35.7 Å². The second-order valence-corrected chi connectivity index (χ2v) is 8.05. The molecule has 3 rings (SSSR count). The van der Waals surface area contributed by atoms with Gasteiger partial charge < -0.3 is 20.5 Å². The van der Waals surface area contributed by atoms with E-state index in [2.05, 4.69) is 10.1 Å². The van der Waals surface area contributed by atoms with Gasteiger partial charge in [-0.1, -0.05) is 19.1 Å². The van der Waals surface area contributed by atoms with E-state index in [1.54, 1.807) is 0 Å². The number of hydrogen-bond acceptors (Lipinski definition) is 4. The molecular weight excluding hydrogens is 489 g/mol. The van der Waals surface area contributed by atoms with Gasteiger partial charge in [-0.2, -0.15) is 26.3 Å². The summed E-state index contributed by atoms with van der Waals surface area (Å²) in [5, 5.41) is 2.28. The molecule has 13 heteroatoms. The minimum atomic E-state index is -5.03. The molecule has 2 aromatic carbocycles. The van der Waals surface area contributed by atoms with Crippen LogP contribution in [0.25, 0.3) is 0 Å². The number of benzene rings is 2. The predicted molar refractivity (Wildman–Crippen MR) is 108 cm³/mol. The molecule has 2 amide bonds. The molecule has 4 atom stereocenters. The van der Waals surface area contributed by atoms with E-state index in [1.807, 2.05) is 0 Å². The SMILES string of the molecule is C[C@H]1[C@@H](c2ccc(F)c(F)c2OC(F)F)[C@@H](C(=O)Nc2cccc(C(N)=O)c2)O[C@@]1(C)C(F)(F)F. The van der Waals surface area contributed by atoms with Crippen molar-refractivity contribution >= 4 is 17.5 Å². The zero-order chi connectivity index (χ0) is 26.3. The molecule has 0 unspecified atom stereocenters. The average Bonchev–Trinajstić information content (AvgIpc) is 3.04. The van der Waals surface area contributed by atoms with Gasteiger partial charge in [0, 0.05) is 28.7 Å². The quantitative estimate of drug-likeness (QED) is 0.552. The van der Waals surface area contributed by atoms with Crippen LogP contribution in [-0.2, 0) is 9.53 Å². The fourth-order valence-electron chi connectivity index (χ4n) is 4.01. The molecule has 190 valence electrons. The summed E-state index contributed by atoms with van der Waals surface area (Å²) < 4.78 is 105. The Morgan fingerprint density at radius 2 is 1.83 bits per heavy atom. The first-order valence-corrected chi connectivity index (χ1v) is 10.1. The predicted octanol–water partition coefficient (Wildman–Crippen LogP) is 4.74. The molecule has 2 aromatic rings. The Labute approximate surface area is 194 Å². The van der Waals surface area contributed by atoms with Crippen molar-refractivity contribution < 1.29 is 49.8 Å². The van der Waals surface area contributed by atoms with Crippen molar-refractivity contribution in [3.05, 3.63) is 59.2 Å². The third kappa shape index (κ3) is 4.90. The van der Waals surface area contributed by atoms with E-state index in [4.69, 9.17) is 10.5 Å². The third-order valence-electron chi connectivity index (χ3n) is 5.99. The molecule has 3 N–H and O–H groups in total. The Balaban J connectivity index is 2.10. The monoisotopic (exact) mass is 508 g/mol. The first-order valence-electron chi connectivity index (χ1n) is 10.1. The Kier molecular flexibility index (Phi) is 7.02. The van der Waals surface area contributed by atoms with Crippen LogP contribution in [0.2, 0.25) is 0 Å². The zero-order valence-electron chi connectivity index (χ0n) is 18.1. The van der Waals surface area contributed by atoms with Crippen LogP contribution in [0.15, 0.2) is 36.4 Å². The molecule has 0 aliphatic carbocycles. The van der Waals surface area contributed by atoms with Crippen LogP contribution < -0.4 is 15.8 Å². The Bertz CT molecular complexity index is 1140. The lowest BCUT2D eigenvalue weighted by Crippen LogP contribution is -2.47. The molecule has 35 heavy (non-hydrogen) atoms. The molecule has 1 aliphatic heterocycles. The molecule has 1 heterocycles. The summed E-state index contributed by atoms with van der Waals surface area (Å²) in [5.41, 5.74) is 1.54. The number of ether oxygens (including phenoxy) is 2. The van der Waals surface area contributed by atoms with E-state index in [-0.39, 0.29) is 11.3 Å². The van der Waals surface area contributed by atoms with Crippen molar-refractivity contribution in [1.29, 1.82) is 0 Å². The highest BCUT2D eigenvalue weighted by Crippen LogP contribution is 2.55. The molecule has 1 aliphatic rings. The highest BCUT2D eigenvalue weighted by Gasteiger charge is 2.66. The lowest BCUT2D eigenvalue weighted by Gasteiger charge is -2.32. The second-order valence-electron chi connectivity index (χ2n) is 8.05. The molecule has 1 saturated heterocycles. The summed E-state index contributed by atoms with van der Waals surface area (Å²) in [6, 6.07) is 6.41. The Morgan fingerprint density at radius 1 is 1.17 bits per heavy atom. The molecule has 1 fully saturated rings. The molecule has 0 saturated carbocycles. The van der Waals surface area contributed by atoms with Crippen LogP contribution in [-0.4, -0.2) is 36.3 Å². The summed E-state index contributed by atoms with van der Waals surface area (Å²) in [4.78, 5) is 24.4. The van der Waals surface area contributed by atoms with E-state index in [0.717, 1.165) is 19.1 Å². The normalized spacial score (nSPS) is 24.5. The van der Waals surface area contributed by atoms with Crippen molar-refractivity contribution in [2.24, 2.45) is 11.7 Å². The molecule has 6 nitrogen and oxygen atoms in total. The molecule has 0 spiro atoms. The van der Waals surface area contributed by atoms with Crippen molar-refractivity contribution in [2.45, 2.75) is 44.3 Å². The van der Waals surface area contributed by atoms with Gasteiger partial charge in [0.15, 0.2) is 17.2 Å². The number of rotatable bonds is 6. The number of amides is 2. The number of hydrogen-bond donors (Lipinski definition) is 2. The smallest absolute Gasteiger partial charge is 0.417 e. The molecule has 0 aromatic heterocycles. The van der Waals surface area contributed by atoms with Gasteiger partial charge in [0.25, 0.3) is 5.91 Å². The lowest BCUT2D eigenvalue weighted by molar-refractivity contribution is -0.272. The number of halogens is 7. The first-order chi connectivity index (χ1) is 16.2. The minimum Gasteiger partial charge on any atom is -0.431 e.